The van der Waals surface area contributed by atoms with Gasteiger partial charge in [0, 0.05) is 45.7 Å². The molecule has 1 heterocycles. The average molecular weight is 408 g/mol. The van der Waals surface area contributed by atoms with Gasteiger partial charge in [0.15, 0.2) is 11.5 Å². The third-order valence-corrected chi connectivity index (χ3v) is 5.25. The van der Waals surface area contributed by atoms with Crippen LogP contribution in [0.5, 0.6) is 17.2 Å². The van der Waals surface area contributed by atoms with Crippen LogP contribution in [0, 0.1) is 5.92 Å². The van der Waals surface area contributed by atoms with Crippen molar-refractivity contribution in [2.45, 2.75) is 25.7 Å². The first-order chi connectivity index (χ1) is 14.0. The maximum absolute atomic E-state index is 12.9. The van der Waals surface area contributed by atoms with Crippen LogP contribution in [0.1, 0.15) is 31.2 Å². The Balaban J connectivity index is 2.32. The minimum Gasteiger partial charge on any atom is -0.493 e. The molecule has 2 amide bonds. The van der Waals surface area contributed by atoms with Gasteiger partial charge < -0.3 is 29.2 Å². The van der Waals surface area contributed by atoms with Gasteiger partial charge in [-0.15, -0.1) is 0 Å². The summed E-state index contributed by atoms with van der Waals surface area (Å²) in [6.45, 7) is 3.81. The van der Waals surface area contributed by atoms with E-state index in [2.05, 4.69) is 5.32 Å². The summed E-state index contributed by atoms with van der Waals surface area (Å²) >= 11 is 0. The number of carbonyl (C=O) groups is 2. The fourth-order valence-corrected chi connectivity index (χ4v) is 3.71. The number of ether oxygens (including phenoxy) is 4. The zero-order valence-corrected chi connectivity index (χ0v) is 17.9. The number of nitrogens with one attached hydrogen (secondary N) is 1. The van der Waals surface area contributed by atoms with Gasteiger partial charge in [0.05, 0.1) is 27.2 Å². The highest BCUT2D eigenvalue weighted by molar-refractivity contribution is 5.83. The Hall–Kier alpha value is -2.48. The molecule has 0 spiro atoms. The van der Waals surface area contributed by atoms with Crippen LogP contribution < -0.4 is 19.5 Å². The van der Waals surface area contributed by atoms with E-state index < -0.39 is 0 Å². The molecule has 1 N–H and O–H groups in total. The minimum atomic E-state index is -0.351. The molecule has 2 rings (SSSR count). The van der Waals surface area contributed by atoms with Gasteiger partial charge in [0.25, 0.3) is 0 Å². The van der Waals surface area contributed by atoms with Gasteiger partial charge in [-0.25, -0.2) is 0 Å². The Labute approximate surface area is 172 Å². The van der Waals surface area contributed by atoms with E-state index in [-0.39, 0.29) is 23.7 Å². The summed E-state index contributed by atoms with van der Waals surface area (Å²) in [5.41, 5.74) is 0.878. The summed E-state index contributed by atoms with van der Waals surface area (Å²) in [5.74, 6) is 1.02. The number of methoxy groups -OCH3 is 4. The van der Waals surface area contributed by atoms with Crippen molar-refractivity contribution in [2.24, 2.45) is 5.92 Å². The molecule has 8 heteroatoms. The lowest BCUT2D eigenvalue weighted by Gasteiger charge is -2.21. The van der Waals surface area contributed by atoms with E-state index in [1.54, 1.807) is 33.3 Å². The molecule has 2 atom stereocenters. The molecule has 0 aromatic heterocycles. The Morgan fingerprint density at radius 1 is 1.07 bits per heavy atom. The molecular weight excluding hydrogens is 376 g/mol. The van der Waals surface area contributed by atoms with Crippen LogP contribution in [0.4, 0.5) is 0 Å². The minimum absolute atomic E-state index is 0.0390. The summed E-state index contributed by atoms with van der Waals surface area (Å²) in [5, 5.41) is 2.97. The van der Waals surface area contributed by atoms with E-state index in [4.69, 9.17) is 18.9 Å². The Kier molecular flexibility index (Phi) is 8.57. The molecular formula is C21H32N2O6. The number of hydrogen-bond donors (Lipinski definition) is 1. The van der Waals surface area contributed by atoms with Gasteiger partial charge in [0.2, 0.25) is 17.6 Å². The first kappa shape index (κ1) is 22.8. The first-order valence-corrected chi connectivity index (χ1v) is 9.84. The number of carbonyl (C=O) groups excluding carboxylic acids is 2. The van der Waals surface area contributed by atoms with Gasteiger partial charge in [-0.1, -0.05) is 6.92 Å². The normalized spacial score (nSPS) is 18.4. The smallest absolute Gasteiger partial charge is 0.225 e. The molecule has 1 saturated heterocycles. The van der Waals surface area contributed by atoms with Gasteiger partial charge in [0.1, 0.15) is 0 Å². The molecule has 1 fully saturated rings. The summed E-state index contributed by atoms with van der Waals surface area (Å²) < 4.78 is 21.4. The predicted molar refractivity (Wildman–Crippen MR) is 109 cm³/mol. The van der Waals surface area contributed by atoms with Gasteiger partial charge in [-0.3, -0.25) is 9.59 Å². The number of benzene rings is 1. The standard InChI is InChI=1S/C21H32N2O6/c1-6-19(24)23-12-15(16(13-23)21(25)22-8-7-9-26-2)14-10-17(27-3)20(29-5)18(11-14)28-4/h10-11,15-16H,6-9,12-13H2,1-5H3,(H,22,25). The molecule has 0 radical (unpaired) electrons. The van der Waals surface area contributed by atoms with Crippen LogP contribution >= 0.6 is 0 Å². The number of rotatable bonds is 10. The fraction of sp³-hybridized carbons (Fsp3) is 0.619. The summed E-state index contributed by atoms with van der Waals surface area (Å²) in [7, 11) is 6.30. The van der Waals surface area contributed by atoms with Crippen molar-refractivity contribution < 1.29 is 28.5 Å². The lowest BCUT2D eigenvalue weighted by molar-refractivity contribution is -0.130. The van der Waals surface area contributed by atoms with Crippen molar-refractivity contribution in [2.75, 3.05) is 54.7 Å². The summed E-state index contributed by atoms with van der Waals surface area (Å²) in [6, 6.07) is 3.72. The van der Waals surface area contributed by atoms with Gasteiger partial charge in [-0.2, -0.15) is 0 Å². The second kappa shape index (κ2) is 10.9. The number of amides is 2. The summed E-state index contributed by atoms with van der Waals surface area (Å²) in [4.78, 5) is 27.0. The van der Waals surface area contributed by atoms with E-state index >= 15 is 0 Å². The Morgan fingerprint density at radius 3 is 2.24 bits per heavy atom. The van der Waals surface area contributed by atoms with E-state index in [0.29, 0.717) is 49.9 Å². The molecule has 0 aliphatic carbocycles. The van der Waals surface area contributed by atoms with Crippen LogP contribution in [0.2, 0.25) is 0 Å². The molecule has 1 aromatic rings. The molecule has 8 nitrogen and oxygen atoms in total. The Morgan fingerprint density at radius 2 is 1.72 bits per heavy atom. The topological polar surface area (TPSA) is 86.3 Å². The highest BCUT2D eigenvalue weighted by atomic mass is 16.5. The molecule has 1 aliphatic rings. The number of hydrogen-bond acceptors (Lipinski definition) is 6. The second-order valence-electron chi connectivity index (χ2n) is 6.96. The van der Waals surface area contributed by atoms with Gasteiger partial charge in [-0.05, 0) is 24.1 Å². The SMILES string of the molecule is CCC(=O)N1CC(C(=O)NCCCOC)C(c2cc(OC)c(OC)c(OC)c2)C1. The number of nitrogens with zero attached hydrogens (tertiary/aromatic N) is 1. The van der Waals surface area contributed by atoms with Crippen LogP contribution in [0.15, 0.2) is 12.1 Å². The lowest BCUT2D eigenvalue weighted by atomic mass is 9.88. The first-order valence-electron chi connectivity index (χ1n) is 9.84. The molecule has 0 saturated carbocycles. The third-order valence-electron chi connectivity index (χ3n) is 5.25. The molecule has 1 aromatic carbocycles. The van der Waals surface area contributed by atoms with E-state index in [9.17, 15) is 9.59 Å². The van der Waals surface area contributed by atoms with Crippen LogP contribution in [0.3, 0.4) is 0 Å². The summed E-state index contributed by atoms with van der Waals surface area (Å²) in [6.07, 6.45) is 1.14. The third kappa shape index (κ3) is 5.32. The average Bonchev–Trinajstić information content (AvgIpc) is 3.20. The van der Waals surface area contributed by atoms with Crippen molar-refractivity contribution in [3.8, 4) is 17.2 Å². The quantitative estimate of drug-likeness (QED) is 0.595. The van der Waals surface area contributed by atoms with Crippen molar-refractivity contribution in [3.63, 3.8) is 0 Å². The molecule has 29 heavy (non-hydrogen) atoms. The maximum Gasteiger partial charge on any atom is 0.225 e. The van der Waals surface area contributed by atoms with E-state index in [1.165, 1.54) is 0 Å². The molecule has 162 valence electrons. The van der Waals surface area contributed by atoms with Crippen molar-refractivity contribution >= 4 is 11.8 Å². The largest absolute Gasteiger partial charge is 0.493 e. The number of likely N-dealkylation sites (tertiary alicyclic amines) is 1. The van der Waals surface area contributed by atoms with Crippen LogP contribution in [0.25, 0.3) is 0 Å². The Bertz CT molecular complexity index is 683. The maximum atomic E-state index is 12.9. The fourth-order valence-electron chi connectivity index (χ4n) is 3.71. The highest BCUT2D eigenvalue weighted by Crippen LogP contribution is 2.43. The van der Waals surface area contributed by atoms with Crippen molar-refractivity contribution in [3.05, 3.63) is 17.7 Å². The second-order valence-corrected chi connectivity index (χ2v) is 6.96. The predicted octanol–water partition coefficient (Wildman–Crippen LogP) is 1.82. The molecule has 2 unspecified atom stereocenters. The van der Waals surface area contributed by atoms with Crippen molar-refractivity contribution in [1.29, 1.82) is 0 Å². The van der Waals surface area contributed by atoms with E-state index in [1.807, 2.05) is 19.1 Å². The zero-order valence-electron chi connectivity index (χ0n) is 17.9. The zero-order chi connectivity index (χ0) is 21.4. The van der Waals surface area contributed by atoms with Crippen LogP contribution in [-0.2, 0) is 14.3 Å². The van der Waals surface area contributed by atoms with Gasteiger partial charge >= 0.3 is 0 Å². The lowest BCUT2D eigenvalue weighted by Crippen LogP contribution is -2.36. The van der Waals surface area contributed by atoms with E-state index in [0.717, 1.165) is 12.0 Å². The van der Waals surface area contributed by atoms with Crippen molar-refractivity contribution in [1.82, 2.24) is 10.2 Å². The molecule has 1 aliphatic heterocycles. The van der Waals surface area contributed by atoms with Crippen LogP contribution in [-0.4, -0.2) is 71.4 Å². The monoisotopic (exact) mass is 408 g/mol. The molecule has 0 bridgehead atoms. The highest BCUT2D eigenvalue weighted by Gasteiger charge is 2.40.